The molecule has 0 amide bonds. The van der Waals surface area contributed by atoms with E-state index in [2.05, 4.69) is 18.2 Å². The molecule has 0 heterocycles. The number of hydrogen-bond donors (Lipinski definition) is 1. The average Bonchev–Trinajstić information content (AvgIpc) is 2.27. The molecule has 0 saturated heterocycles. The quantitative estimate of drug-likeness (QED) is 0.730. The summed E-state index contributed by atoms with van der Waals surface area (Å²) in [5, 5.41) is 10.1. The molecule has 1 aliphatic rings. The number of hydrogen-bond acceptors (Lipinski definition) is 1. The number of aryl methyl sites for hydroxylation is 1. The van der Waals surface area contributed by atoms with Gasteiger partial charge in [-0.15, -0.1) is 0 Å². The highest BCUT2D eigenvalue weighted by molar-refractivity contribution is 5.72. The minimum atomic E-state index is 0.475. The lowest BCUT2D eigenvalue weighted by atomic mass is 9.91. The van der Waals surface area contributed by atoms with Crippen LogP contribution in [0.4, 0.5) is 0 Å². The molecule has 80 valence electrons. The molecular formula is C14H18O. The van der Waals surface area contributed by atoms with E-state index in [0.29, 0.717) is 5.75 Å². The highest BCUT2D eigenvalue weighted by atomic mass is 16.3. The van der Waals surface area contributed by atoms with E-state index in [0.717, 1.165) is 29.5 Å². The molecule has 1 aliphatic carbocycles. The largest absolute Gasteiger partial charge is 0.507 e. The van der Waals surface area contributed by atoms with Crippen LogP contribution in [0.25, 0.3) is 5.57 Å². The lowest BCUT2D eigenvalue weighted by Gasteiger charge is -2.16. The lowest BCUT2D eigenvalue weighted by Crippen LogP contribution is -1.94. The molecule has 1 nitrogen and oxygen atoms in total. The number of rotatable bonds is 1. The van der Waals surface area contributed by atoms with Crippen LogP contribution in [-0.2, 0) is 0 Å². The number of phenols is 1. The summed E-state index contributed by atoms with van der Waals surface area (Å²) < 4.78 is 0. The zero-order valence-electron chi connectivity index (χ0n) is 9.51. The van der Waals surface area contributed by atoms with Gasteiger partial charge in [0.05, 0.1) is 0 Å². The predicted molar refractivity (Wildman–Crippen MR) is 64.0 cm³/mol. The first-order chi connectivity index (χ1) is 7.20. The van der Waals surface area contributed by atoms with Crippen molar-refractivity contribution in [3.05, 3.63) is 34.9 Å². The minimum absolute atomic E-state index is 0.475. The third kappa shape index (κ3) is 1.92. The maximum atomic E-state index is 10.1. The molecule has 1 aromatic rings. The van der Waals surface area contributed by atoms with Gasteiger partial charge in [-0.3, -0.25) is 0 Å². The van der Waals surface area contributed by atoms with Gasteiger partial charge >= 0.3 is 0 Å². The molecule has 0 fully saturated rings. The van der Waals surface area contributed by atoms with Crippen molar-refractivity contribution in [2.24, 2.45) is 0 Å². The van der Waals surface area contributed by atoms with Gasteiger partial charge in [-0.25, -0.2) is 0 Å². The Kier molecular flexibility index (Phi) is 2.81. The third-order valence-corrected chi connectivity index (χ3v) is 3.34. The Morgan fingerprint density at radius 1 is 1.13 bits per heavy atom. The smallest absolute Gasteiger partial charge is 0.126 e. The predicted octanol–water partition coefficient (Wildman–Crippen LogP) is 3.97. The monoisotopic (exact) mass is 202 g/mol. The van der Waals surface area contributed by atoms with Gasteiger partial charge in [-0.2, -0.15) is 0 Å². The maximum Gasteiger partial charge on any atom is 0.126 e. The highest BCUT2D eigenvalue weighted by Crippen LogP contribution is 2.35. The van der Waals surface area contributed by atoms with Crippen molar-refractivity contribution in [2.45, 2.75) is 39.5 Å². The van der Waals surface area contributed by atoms with Gasteiger partial charge in [0.15, 0.2) is 0 Å². The SMILES string of the molecule is Cc1ccc(C2=CCCCC2)c(O)c1C. The van der Waals surface area contributed by atoms with Gasteiger partial charge in [0.1, 0.15) is 5.75 Å². The van der Waals surface area contributed by atoms with Crippen LogP contribution in [0.1, 0.15) is 42.4 Å². The minimum Gasteiger partial charge on any atom is -0.507 e. The summed E-state index contributed by atoms with van der Waals surface area (Å²) in [6.07, 6.45) is 7.07. The van der Waals surface area contributed by atoms with E-state index in [-0.39, 0.29) is 0 Å². The summed E-state index contributed by atoms with van der Waals surface area (Å²) >= 11 is 0. The fourth-order valence-electron chi connectivity index (χ4n) is 2.14. The fourth-order valence-corrected chi connectivity index (χ4v) is 2.14. The summed E-state index contributed by atoms with van der Waals surface area (Å²) in [6.45, 7) is 4.02. The molecule has 0 bridgehead atoms. The van der Waals surface area contributed by atoms with E-state index in [1.54, 1.807) is 0 Å². The first-order valence-corrected chi connectivity index (χ1v) is 5.68. The van der Waals surface area contributed by atoms with E-state index >= 15 is 0 Å². The fraction of sp³-hybridized carbons (Fsp3) is 0.429. The number of phenolic OH excluding ortho intramolecular Hbond substituents is 1. The van der Waals surface area contributed by atoms with Crippen molar-refractivity contribution in [3.63, 3.8) is 0 Å². The Labute approximate surface area is 91.4 Å². The average molecular weight is 202 g/mol. The molecule has 0 saturated carbocycles. The van der Waals surface area contributed by atoms with Crippen LogP contribution in [0.3, 0.4) is 0 Å². The molecular weight excluding hydrogens is 184 g/mol. The van der Waals surface area contributed by atoms with Crippen molar-refractivity contribution < 1.29 is 5.11 Å². The second-order valence-electron chi connectivity index (χ2n) is 4.38. The van der Waals surface area contributed by atoms with E-state index in [1.807, 2.05) is 13.8 Å². The van der Waals surface area contributed by atoms with Gasteiger partial charge < -0.3 is 5.11 Å². The van der Waals surface area contributed by atoms with Crippen molar-refractivity contribution in [3.8, 4) is 5.75 Å². The van der Waals surface area contributed by atoms with Crippen molar-refractivity contribution in [1.29, 1.82) is 0 Å². The Morgan fingerprint density at radius 2 is 1.93 bits per heavy atom. The van der Waals surface area contributed by atoms with Crippen LogP contribution < -0.4 is 0 Å². The lowest BCUT2D eigenvalue weighted by molar-refractivity contribution is 0.468. The van der Waals surface area contributed by atoms with Crippen LogP contribution in [-0.4, -0.2) is 5.11 Å². The van der Waals surface area contributed by atoms with Crippen LogP contribution in [0.15, 0.2) is 18.2 Å². The number of benzene rings is 1. The van der Waals surface area contributed by atoms with Gasteiger partial charge in [-0.05, 0) is 56.2 Å². The van der Waals surface area contributed by atoms with Crippen LogP contribution in [0, 0.1) is 13.8 Å². The second kappa shape index (κ2) is 4.09. The zero-order valence-corrected chi connectivity index (χ0v) is 9.51. The molecule has 0 aliphatic heterocycles. The topological polar surface area (TPSA) is 20.2 Å². The zero-order chi connectivity index (χ0) is 10.8. The first kappa shape index (κ1) is 10.3. The summed E-state index contributed by atoms with van der Waals surface area (Å²) in [5.74, 6) is 0.475. The summed E-state index contributed by atoms with van der Waals surface area (Å²) in [4.78, 5) is 0. The number of aromatic hydroxyl groups is 1. The Balaban J connectivity index is 2.44. The molecule has 0 spiro atoms. The molecule has 2 rings (SSSR count). The van der Waals surface area contributed by atoms with Gasteiger partial charge in [-0.1, -0.05) is 18.2 Å². The molecule has 0 radical (unpaired) electrons. The normalized spacial score (nSPS) is 16.3. The Bertz CT molecular complexity index is 402. The van der Waals surface area contributed by atoms with E-state index in [1.165, 1.54) is 18.4 Å². The van der Waals surface area contributed by atoms with Gasteiger partial charge in [0, 0.05) is 5.56 Å². The summed E-state index contributed by atoms with van der Waals surface area (Å²) in [5.41, 5.74) is 4.53. The van der Waals surface area contributed by atoms with Crippen molar-refractivity contribution in [2.75, 3.05) is 0 Å². The second-order valence-corrected chi connectivity index (χ2v) is 4.38. The summed E-state index contributed by atoms with van der Waals surface area (Å²) in [7, 11) is 0. The third-order valence-electron chi connectivity index (χ3n) is 3.34. The van der Waals surface area contributed by atoms with E-state index < -0.39 is 0 Å². The molecule has 0 unspecified atom stereocenters. The maximum absolute atomic E-state index is 10.1. The molecule has 0 aromatic heterocycles. The Morgan fingerprint density at radius 3 is 2.60 bits per heavy atom. The van der Waals surface area contributed by atoms with Crippen molar-refractivity contribution >= 4 is 5.57 Å². The Hall–Kier alpha value is -1.24. The standard InChI is InChI=1S/C14H18O/c1-10-8-9-13(14(15)11(10)2)12-6-4-3-5-7-12/h6,8-9,15H,3-5,7H2,1-2H3. The number of allylic oxidation sites excluding steroid dienone is 2. The van der Waals surface area contributed by atoms with Crippen LogP contribution >= 0.6 is 0 Å². The van der Waals surface area contributed by atoms with Gasteiger partial charge in [0.2, 0.25) is 0 Å². The molecule has 1 aromatic carbocycles. The molecule has 15 heavy (non-hydrogen) atoms. The summed E-state index contributed by atoms with van der Waals surface area (Å²) in [6, 6.07) is 4.15. The van der Waals surface area contributed by atoms with Crippen molar-refractivity contribution in [1.82, 2.24) is 0 Å². The molecule has 1 heteroatoms. The first-order valence-electron chi connectivity index (χ1n) is 5.68. The van der Waals surface area contributed by atoms with Gasteiger partial charge in [0.25, 0.3) is 0 Å². The highest BCUT2D eigenvalue weighted by Gasteiger charge is 2.12. The van der Waals surface area contributed by atoms with Crippen LogP contribution in [0.2, 0.25) is 0 Å². The van der Waals surface area contributed by atoms with E-state index in [4.69, 9.17) is 0 Å². The molecule has 1 N–H and O–H groups in total. The molecule has 0 atom stereocenters. The van der Waals surface area contributed by atoms with Crippen LogP contribution in [0.5, 0.6) is 5.75 Å². The van der Waals surface area contributed by atoms with E-state index in [9.17, 15) is 5.11 Å².